The lowest BCUT2D eigenvalue weighted by Crippen LogP contribution is -2.22. The molecule has 2 aliphatic rings. The first-order valence-corrected chi connectivity index (χ1v) is 14.6. The number of nitrogens with one attached hydrogen (secondary N) is 1. The number of carbonyl (C=O) groups excluding carboxylic acids is 2. The summed E-state index contributed by atoms with van der Waals surface area (Å²) in [5.74, 6) is 2.15. The lowest BCUT2D eigenvalue weighted by Gasteiger charge is -2.28. The summed E-state index contributed by atoms with van der Waals surface area (Å²) in [7, 11) is 0. The first-order chi connectivity index (χ1) is 18.8. The maximum atomic E-state index is 13.6. The molecule has 4 heteroatoms. The summed E-state index contributed by atoms with van der Waals surface area (Å²) in [5, 5.41) is 3.26. The molecule has 1 saturated carbocycles. The Kier molecular flexibility index (Phi) is 8.20. The van der Waals surface area contributed by atoms with Crippen LogP contribution in [0.4, 0.5) is 5.69 Å². The normalized spacial score (nSPS) is 16.0. The molecule has 0 aromatic heterocycles. The number of ketones is 1. The smallest absolute Gasteiger partial charge is 0.225 e. The molecule has 1 aliphatic heterocycles. The van der Waals surface area contributed by atoms with Gasteiger partial charge in [-0.05, 0) is 54.0 Å². The molecule has 3 aromatic rings. The van der Waals surface area contributed by atoms with E-state index in [0.29, 0.717) is 25.0 Å². The number of amides is 1. The van der Waals surface area contributed by atoms with E-state index in [1.807, 2.05) is 36.4 Å². The number of rotatable bonds is 7. The molecular weight excluding hydrogens is 482 g/mol. The Morgan fingerprint density at radius 2 is 1.46 bits per heavy atom. The Labute approximate surface area is 233 Å². The molecule has 5 rings (SSSR count). The standard InChI is InChI=1S/C35H41NO3/c1-35(2,3)29-20-18-24(19-21-31(37)25-12-6-4-5-7-13-25)22-30(29)36-34(38)23-28-26-14-8-10-16-32(26)39-33-17-11-9-15-27(28)33/h8-11,14-18,20,22,25,28H,4-7,12-13,19,21,23H2,1-3H3,(H,36,38). The summed E-state index contributed by atoms with van der Waals surface area (Å²) < 4.78 is 6.12. The van der Waals surface area contributed by atoms with Gasteiger partial charge in [0.15, 0.2) is 0 Å². The van der Waals surface area contributed by atoms with Crippen molar-refractivity contribution in [1.82, 2.24) is 0 Å². The van der Waals surface area contributed by atoms with Crippen LogP contribution in [0.15, 0.2) is 66.7 Å². The van der Waals surface area contributed by atoms with E-state index in [2.05, 4.69) is 56.4 Å². The second-order valence-electron chi connectivity index (χ2n) is 12.3. The highest BCUT2D eigenvalue weighted by atomic mass is 16.5. The van der Waals surface area contributed by atoms with E-state index in [1.165, 1.54) is 25.7 Å². The van der Waals surface area contributed by atoms with Crippen LogP contribution in [0.3, 0.4) is 0 Å². The van der Waals surface area contributed by atoms with Crippen molar-refractivity contribution >= 4 is 17.4 Å². The van der Waals surface area contributed by atoms with Crippen molar-refractivity contribution in [2.75, 3.05) is 5.32 Å². The zero-order valence-corrected chi connectivity index (χ0v) is 23.6. The summed E-state index contributed by atoms with van der Waals surface area (Å²) in [6.07, 6.45) is 8.56. The highest BCUT2D eigenvalue weighted by Gasteiger charge is 2.29. The van der Waals surface area contributed by atoms with Gasteiger partial charge >= 0.3 is 0 Å². The molecule has 4 nitrogen and oxygen atoms in total. The fourth-order valence-corrected chi connectivity index (χ4v) is 6.19. The third-order valence-corrected chi connectivity index (χ3v) is 8.33. The number of para-hydroxylation sites is 2. The van der Waals surface area contributed by atoms with Crippen molar-refractivity contribution in [3.63, 3.8) is 0 Å². The first-order valence-electron chi connectivity index (χ1n) is 14.6. The molecule has 1 aliphatic carbocycles. The molecular formula is C35H41NO3. The van der Waals surface area contributed by atoms with E-state index < -0.39 is 0 Å². The highest BCUT2D eigenvalue weighted by molar-refractivity contribution is 5.93. The van der Waals surface area contributed by atoms with Crippen molar-refractivity contribution in [1.29, 1.82) is 0 Å². The van der Waals surface area contributed by atoms with Crippen molar-refractivity contribution in [2.45, 2.75) is 89.9 Å². The van der Waals surface area contributed by atoms with E-state index in [1.54, 1.807) is 0 Å². The number of aryl methyl sites for hydroxylation is 1. The van der Waals surface area contributed by atoms with Crippen molar-refractivity contribution in [3.8, 4) is 11.5 Å². The van der Waals surface area contributed by atoms with Gasteiger partial charge in [-0.1, -0.05) is 95.0 Å². The average molecular weight is 524 g/mol. The van der Waals surface area contributed by atoms with Crippen molar-refractivity contribution in [3.05, 3.63) is 89.0 Å². The number of hydrogen-bond acceptors (Lipinski definition) is 3. The van der Waals surface area contributed by atoms with Gasteiger partial charge in [0, 0.05) is 41.5 Å². The minimum Gasteiger partial charge on any atom is -0.457 e. The van der Waals surface area contributed by atoms with E-state index in [0.717, 1.165) is 52.3 Å². The molecule has 0 spiro atoms. The number of Topliss-reactive ketones (excluding diaryl/α,β-unsaturated/α-hetero) is 1. The SMILES string of the molecule is CC(C)(C)c1ccc(CCC(=O)C2CCCCCC2)cc1NC(=O)CC1c2ccccc2Oc2ccccc21. The minimum atomic E-state index is -0.130. The second kappa shape index (κ2) is 11.8. The zero-order valence-electron chi connectivity index (χ0n) is 23.6. The number of carbonyl (C=O) groups is 2. The lowest BCUT2D eigenvalue weighted by atomic mass is 9.83. The van der Waals surface area contributed by atoms with E-state index in [4.69, 9.17) is 4.74 Å². The maximum absolute atomic E-state index is 13.6. The quantitative estimate of drug-likeness (QED) is 0.315. The fourth-order valence-electron chi connectivity index (χ4n) is 6.19. The summed E-state index contributed by atoms with van der Waals surface area (Å²) >= 11 is 0. The largest absolute Gasteiger partial charge is 0.457 e. The number of benzene rings is 3. The molecule has 1 amide bonds. The van der Waals surface area contributed by atoms with Gasteiger partial charge in [-0.3, -0.25) is 9.59 Å². The van der Waals surface area contributed by atoms with Gasteiger partial charge in [0.25, 0.3) is 0 Å². The third kappa shape index (κ3) is 6.43. The minimum absolute atomic E-state index is 0.0244. The average Bonchev–Trinajstić information content (AvgIpc) is 3.21. The summed E-state index contributed by atoms with van der Waals surface area (Å²) in [6.45, 7) is 6.49. The third-order valence-electron chi connectivity index (χ3n) is 8.33. The molecule has 0 unspecified atom stereocenters. The van der Waals surface area contributed by atoms with Crippen molar-refractivity contribution in [2.24, 2.45) is 5.92 Å². The first kappa shape index (κ1) is 27.2. The van der Waals surface area contributed by atoms with Crippen LogP contribution in [0, 0.1) is 5.92 Å². The van der Waals surface area contributed by atoms with Crippen LogP contribution in [0.2, 0.25) is 0 Å². The second-order valence-corrected chi connectivity index (χ2v) is 12.3. The van der Waals surface area contributed by atoms with Gasteiger partial charge in [-0.2, -0.15) is 0 Å². The summed E-state index contributed by atoms with van der Waals surface area (Å²) in [5.41, 5.74) is 4.99. The van der Waals surface area contributed by atoms with E-state index >= 15 is 0 Å². The molecule has 3 aromatic carbocycles. The van der Waals surface area contributed by atoms with E-state index in [9.17, 15) is 9.59 Å². The highest BCUT2D eigenvalue weighted by Crippen LogP contribution is 2.45. The number of anilines is 1. The summed E-state index contributed by atoms with van der Waals surface area (Å²) in [4.78, 5) is 26.5. The topological polar surface area (TPSA) is 55.4 Å². The van der Waals surface area contributed by atoms with Crippen LogP contribution in [0.1, 0.15) is 100 Å². The van der Waals surface area contributed by atoms with Gasteiger partial charge in [-0.15, -0.1) is 0 Å². The Morgan fingerprint density at radius 1 is 0.846 bits per heavy atom. The molecule has 1 fully saturated rings. The van der Waals surface area contributed by atoms with Crippen LogP contribution >= 0.6 is 0 Å². The maximum Gasteiger partial charge on any atom is 0.225 e. The summed E-state index contributed by atoms with van der Waals surface area (Å²) in [6, 6.07) is 22.3. The Hall–Kier alpha value is -3.40. The Bertz CT molecular complexity index is 1280. The predicted molar refractivity (Wildman–Crippen MR) is 158 cm³/mol. The number of ether oxygens (including phenoxy) is 1. The monoisotopic (exact) mass is 523 g/mol. The molecule has 0 saturated heterocycles. The van der Waals surface area contributed by atoms with Gasteiger partial charge in [0.1, 0.15) is 17.3 Å². The van der Waals surface area contributed by atoms with Crippen molar-refractivity contribution < 1.29 is 14.3 Å². The Morgan fingerprint density at radius 3 is 2.08 bits per heavy atom. The molecule has 0 bridgehead atoms. The van der Waals surface area contributed by atoms with E-state index in [-0.39, 0.29) is 23.2 Å². The number of hydrogen-bond donors (Lipinski definition) is 1. The van der Waals surface area contributed by atoms with Crippen LogP contribution in [0.5, 0.6) is 11.5 Å². The number of fused-ring (bicyclic) bond motifs is 2. The van der Waals surface area contributed by atoms with Gasteiger partial charge in [0.05, 0.1) is 0 Å². The molecule has 1 N–H and O–H groups in total. The lowest BCUT2D eigenvalue weighted by molar-refractivity contribution is -0.123. The predicted octanol–water partition coefficient (Wildman–Crippen LogP) is 8.72. The van der Waals surface area contributed by atoms with Crippen LogP contribution in [-0.4, -0.2) is 11.7 Å². The van der Waals surface area contributed by atoms with Gasteiger partial charge in [-0.25, -0.2) is 0 Å². The molecule has 0 atom stereocenters. The van der Waals surface area contributed by atoms with Gasteiger partial charge < -0.3 is 10.1 Å². The zero-order chi connectivity index (χ0) is 27.4. The fraction of sp³-hybridized carbons (Fsp3) is 0.429. The molecule has 39 heavy (non-hydrogen) atoms. The molecule has 204 valence electrons. The molecule has 0 radical (unpaired) electrons. The van der Waals surface area contributed by atoms with Gasteiger partial charge in [0.2, 0.25) is 5.91 Å². The van der Waals surface area contributed by atoms with Crippen LogP contribution < -0.4 is 10.1 Å². The Balaban J connectivity index is 1.33. The molecule has 1 heterocycles. The van der Waals surface area contributed by atoms with Crippen LogP contribution in [-0.2, 0) is 21.4 Å². The van der Waals surface area contributed by atoms with Crippen LogP contribution in [0.25, 0.3) is 0 Å².